The minimum atomic E-state index is -0.384. The Hall–Kier alpha value is -1.42. The second-order valence-corrected chi connectivity index (χ2v) is 5.09. The van der Waals surface area contributed by atoms with Crippen molar-refractivity contribution in [2.75, 3.05) is 0 Å². The maximum atomic E-state index is 9.50. The molecule has 0 aliphatic heterocycles. The Balaban J connectivity index is 2.84. The second kappa shape index (κ2) is 3.28. The monoisotopic (exact) mass is 241 g/mol. The van der Waals surface area contributed by atoms with Gasteiger partial charge in [-0.2, -0.15) is 0 Å². The summed E-state index contributed by atoms with van der Waals surface area (Å²) in [7, 11) is 0. The third-order valence-corrected chi connectivity index (χ3v) is 2.72. The van der Waals surface area contributed by atoms with Crippen molar-refractivity contribution in [3.63, 3.8) is 0 Å². The molecule has 86 valence electrons. The van der Waals surface area contributed by atoms with Crippen molar-refractivity contribution in [1.82, 2.24) is 5.16 Å². The van der Waals surface area contributed by atoms with Gasteiger partial charge in [0, 0.05) is 5.41 Å². The van der Waals surface area contributed by atoms with E-state index in [1.54, 1.807) is 0 Å². The molecule has 1 aromatic carbocycles. The van der Waals surface area contributed by atoms with Crippen molar-refractivity contribution in [3.05, 3.63) is 16.8 Å². The van der Waals surface area contributed by atoms with Crippen molar-refractivity contribution in [2.24, 2.45) is 0 Å². The lowest BCUT2D eigenvalue weighted by atomic mass is 9.90. The third kappa shape index (κ3) is 1.50. The molecule has 0 unspecified atom stereocenters. The van der Waals surface area contributed by atoms with Gasteiger partial charge >= 0.3 is 0 Å². The number of phenolic OH excluding ortho intramolecular Hbond substituents is 2. The highest BCUT2D eigenvalue weighted by Crippen LogP contribution is 2.42. The summed E-state index contributed by atoms with van der Waals surface area (Å²) in [6, 6.07) is 1.41. The Bertz CT molecular complexity index is 554. The van der Waals surface area contributed by atoms with Crippen LogP contribution >= 0.6 is 11.6 Å². The predicted octanol–water partition coefficient (Wildman–Crippen LogP) is 3.19. The molecule has 0 radical (unpaired) electrons. The van der Waals surface area contributed by atoms with Gasteiger partial charge in [0.15, 0.2) is 17.1 Å². The molecule has 4 nitrogen and oxygen atoms in total. The summed E-state index contributed by atoms with van der Waals surface area (Å²) in [5.41, 5.74) is 0.763. The van der Waals surface area contributed by atoms with Crippen LogP contribution in [-0.2, 0) is 5.41 Å². The van der Waals surface area contributed by atoms with E-state index in [4.69, 9.17) is 16.1 Å². The summed E-state index contributed by atoms with van der Waals surface area (Å²) < 4.78 is 5.09. The molecule has 5 heteroatoms. The Morgan fingerprint density at radius 1 is 1.31 bits per heavy atom. The molecule has 0 bridgehead atoms. The fraction of sp³-hybridized carbons (Fsp3) is 0.364. The first-order valence-corrected chi connectivity index (χ1v) is 5.20. The average molecular weight is 242 g/mol. The van der Waals surface area contributed by atoms with Crippen LogP contribution in [0.3, 0.4) is 0 Å². The minimum absolute atomic E-state index is 0.0157. The van der Waals surface area contributed by atoms with E-state index >= 15 is 0 Å². The van der Waals surface area contributed by atoms with Crippen molar-refractivity contribution in [2.45, 2.75) is 26.2 Å². The Labute approximate surface area is 97.4 Å². The number of fused-ring (bicyclic) bond motifs is 1. The molecule has 0 amide bonds. The van der Waals surface area contributed by atoms with Gasteiger partial charge in [0.05, 0.1) is 11.1 Å². The maximum Gasteiger partial charge on any atom is 0.189 e. The van der Waals surface area contributed by atoms with Crippen LogP contribution in [0.4, 0.5) is 0 Å². The zero-order valence-electron chi connectivity index (χ0n) is 9.21. The Kier molecular flexibility index (Phi) is 2.27. The van der Waals surface area contributed by atoms with Crippen LogP contribution in [0.15, 0.2) is 10.6 Å². The first kappa shape index (κ1) is 11.1. The summed E-state index contributed by atoms with van der Waals surface area (Å²) >= 11 is 5.85. The Morgan fingerprint density at radius 3 is 2.50 bits per heavy atom. The Morgan fingerprint density at radius 2 is 1.94 bits per heavy atom. The maximum absolute atomic E-state index is 9.50. The van der Waals surface area contributed by atoms with Crippen molar-refractivity contribution < 1.29 is 14.7 Å². The zero-order valence-corrected chi connectivity index (χ0v) is 9.96. The fourth-order valence-corrected chi connectivity index (χ4v) is 1.79. The molecule has 2 aromatic rings. The number of aromatic nitrogens is 1. The van der Waals surface area contributed by atoms with Crippen molar-refractivity contribution >= 4 is 22.6 Å². The number of rotatable bonds is 0. The highest BCUT2D eigenvalue weighted by molar-refractivity contribution is 6.36. The molecule has 1 aromatic heterocycles. The number of hydrogen-bond donors (Lipinski definition) is 2. The van der Waals surface area contributed by atoms with Gasteiger partial charge in [0.25, 0.3) is 0 Å². The van der Waals surface area contributed by atoms with Crippen molar-refractivity contribution in [1.29, 1.82) is 0 Å². The van der Waals surface area contributed by atoms with Gasteiger partial charge in [-0.15, -0.1) is 0 Å². The van der Waals surface area contributed by atoms with Crippen LogP contribution in [0.5, 0.6) is 11.5 Å². The number of phenols is 2. The van der Waals surface area contributed by atoms with E-state index < -0.39 is 0 Å². The second-order valence-electron chi connectivity index (χ2n) is 4.72. The van der Waals surface area contributed by atoms with Gasteiger partial charge in [-0.1, -0.05) is 37.5 Å². The largest absolute Gasteiger partial charge is 0.504 e. The molecule has 0 spiro atoms. The molecule has 0 fully saturated rings. The summed E-state index contributed by atoms with van der Waals surface area (Å²) in [5, 5.41) is 23.5. The molecule has 0 aliphatic carbocycles. The van der Waals surface area contributed by atoms with Crippen LogP contribution in [0.25, 0.3) is 11.0 Å². The van der Waals surface area contributed by atoms with Gasteiger partial charge in [0.2, 0.25) is 0 Å². The predicted molar refractivity (Wildman–Crippen MR) is 61.0 cm³/mol. The van der Waals surface area contributed by atoms with Crippen LogP contribution < -0.4 is 0 Å². The SMILES string of the molecule is CC(C)(C)c1noc2c(Cl)c(O)c(O)cc12. The molecule has 0 saturated carbocycles. The molecule has 2 N–H and O–H groups in total. The average Bonchev–Trinajstić information content (AvgIpc) is 2.57. The molecule has 0 aliphatic rings. The standard InChI is InChI=1S/C11H12ClNO3/c1-11(2,3)10-5-4-6(14)8(15)7(12)9(5)16-13-10/h4,14-15H,1-3H3. The van der Waals surface area contributed by atoms with Crippen molar-refractivity contribution in [3.8, 4) is 11.5 Å². The number of hydrogen-bond acceptors (Lipinski definition) is 4. The van der Waals surface area contributed by atoms with E-state index in [1.165, 1.54) is 6.07 Å². The van der Waals surface area contributed by atoms with E-state index in [2.05, 4.69) is 5.16 Å². The van der Waals surface area contributed by atoms with E-state index in [0.29, 0.717) is 16.7 Å². The molecule has 1 heterocycles. The normalized spacial score (nSPS) is 12.2. The molecular weight excluding hydrogens is 230 g/mol. The van der Waals surface area contributed by atoms with E-state index in [9.17, 15) is 10.2 Å². The fourth-order valence-electron chi connectivity index (χ4n) is 1.56. The quantitative estimate of drug-likeness (QED) is 0.695. The van der Waals surface area contributed by atoms with E-state index in [-0.39, 0.29) is 21.9 Å². The van der Waals surface area contributed by atoms with Gasteiger partial charge in [0.1, 0.15) is 5.02 Å². The van der Waals surface area contributed by atoms with Crippen LogP contribution in [0.2, 0.25) is 5.02 Å². The number of benzene rings is 1. The number of aromatic hydroxyl groups is 2. The molecule has 0 saturated heterocycles. The van der Waals surface area contributed by atoms with Crippen LogP contribution in [0, 0.1) is 0 Å². The zero-order chi connectivity index (χ0) is 12.1. The lowest BCUT2D eigenvalue weighted by molar-refractivity contribution is 0.400. The molecule has 0 atom stereocenters. The number of halogens is 1. The van der Waals surface area contributed by atoms with E-state index in [1.807, 2.05) is 20.8 Å². The topological polar surface area (TPSA) is 66.5 Å². The van der Waals surface area contributed by atoms with Gasteiger partial charge in [-0.05, 0) is 6.07 Å². The van der Waals surface area contributed by atoms with E-state index in [0.717, 1.165) is 0 Å². The lowest BCUT2D eigenvalue weighted by Gasteiger charge is -2.14. The highest BCUT2D eigenvalue weighted by atomic mass is 35.5. The van der Waals surface area contributed by atoms with Crippen LogP contribution in [0.1, 0.15) is 26.5 Å². The lowest BCUT2D eigenvalue weighted by Crippen LogP contribution is -2.11. The summed E-state index contributed by atoms with van der Waals surface area (Å²) in [5.74, 6) is -0.656. The first-order chi connectivity index (χ1) is 7.32. The molecule has 2 rings (SSSR count). The van der Waals surface area contributed by atoms with Gasteiger partial charge in [-0.25, -0.2) is 0 Å². The summed E-state index contributed by atoms with van der Waals surface area (Å²) in [6.07, 6.45) is 0. The van der Waals surface area contributed by atoms with Gasteiger partial charge in [-0.3, -0.25) is 0 Å². The molecular formula is C11H12ClNO3. The summed E-state index contributed by atoms with van der Waals surface area (Å²) in [4.78, 5) is 0. The van der Waals surface area contributed by atoms with Crippen LogP contribution in [-0.4, -0.2) is 15.4 Å². The third-order valence-electron chi connectivity index (χ3n) is 2.37. The van der Waals surface area contributed by atoms with Gasteiger partial charge < -0.3 is 14.7 Å². The number of nitrogens with zero attached hydrogens (tertiary/aromatic N) is 1. The summed E-state index contributed by atoms with van der Waals surface area (Å²) in [6.45, 7) is 5.92. The smallest absolute Gasteiger partial charge is 0.189 e. The molecule has 16 heavy (non-hydrogen) atoms. The first-order valence-electron chi connectivity index (χ1n) is 4.82. The highest BCUT2D eigenvalue weighted by Gasteiger charge is 2.25. The minimum Gasteiger partial charge on any atom is -0.504 e.